The molecule has 2 bridgehead atoms. The van der Waals surface area contributed by atoms with Crippen LogP contribution in [-0.2, 0) is 9.59 Å². The van der Waals surface area contributed by atoms with E-state index in [4.69, 9.17) is 4.74 Å². The molecule has 24 heavy (non-hydrogen) atoms. The number of fused-ring (bicyclic) bond motifs is 5. The fourth-order valence-corrected chi connectivity index (χ4v) is 4.59. The second-order valence-corrected chi connectivity index (χ2v) is 6.86. The standard InChI is InChI=1S/C20H21NO3/c1-4-24-15-8-6-5-7-14(15)21-19(22)17-12-9-10-13(16(12)11(2)3)18(17)20(21)23/h5-10,12-13,17-18H,4H2,1-3H3/t12-,13+,17-,18+. The lowest BCUT2D eigenvalue weighted by Crippen LogP contribution is -2.33. The molecule has 1 aromatic carbocycles. The van der Waals surface area contributed by atoms with Crippen molar-refractivity contribution >= 4 is 17.5 Å². The zero-order chi connectivity index (χ0) is 17.0. The van der Waals surface area contributed by atoms with Crippen LogP contribution in [0.2, 0.25) is 0 Å². The van der Waals surface area contributed by atoms with E-state index in [1.807, 2.05) is 25.1 Å². The summed E-state index contributed by atoms with van der Waals surface area (Å²) in [4.78, 5) is 27.6. The van der Waals surface area contributed by atoms with Gasteiger partial charge in [-0.2, -0.15) is 0 Å². The van der Waals surface area contributed by atoms with Gasteiger partial charge in [0.05, 0.1) is 24.1 Å². The summed E-state index contributed by atoms with van der Waals surface area (Å²) in [5.41, 5.74) is 3.07. The van der Waals surface area contributed by atoms with Gasteiger partial charge in [-0.25, -0.2) is 4.90 Å². The molecule has 1 aliphatic heterocycles. The van der Waals surface area contributed by atoms with E-state index in [1.54, 1.807) is 6.07 Å². The first-order chi connectivity index (χ1) is 11.6. The van der Waals surface area contributed by atoms with Crippen LogP contribution in [0, 0.1) is 23.7 Å². The Labute approximate surface area is 141 Å². The molecule has 4 heteroatoms. The Kier molecular flexibility index (Phi) is 3.37. The number of para-hydroxylation sites is 2. The minimum absolute atomic E-state index is 0.0747. The van der Waals surface area contributed by atoms with Crippen LogP contribution in [0.25, 0.3) is 0 Å². The van der Waals surface area contributed by atoms with Crippen molar-refractivity contribution in [1.29, 1.82) is 0 Å². The Bertz CT molecular complexity index is 754. The van der Waals surface area contributed by atoms with Gasteiger partial charge >= 0.3 is 0 Å². The molecule has 3 aliphatic rings. The van der Waals surface area contributed by atoms with E-state index in [9.17, 15) is 9.59 Å². The molecule has 1 aromatic rings. The van der Waals surface area contributed by atoms with Crippen molar-refractivity contribution in [1.82, 2.24) is 0 Å². The summed E-state index contributed by atoms with van der Waals surface area (Å²) in [6, 6.07) is 7.29. The number of hydrogen-bond acceptors (Lipinski definition) is 3. The van der Waals surface area contributed by atoms with E-state index in [0.29, 0.717) is 18.0 Å². The number of imide groups is 1. The molecule has 1 saturated carbocycles. The van der Waals surface area contributed by atoms with Gasteiger partial charge < -0.3 is 4.74 Å². The van der Waals surface area contributed by atoms with Gasteiger partial charge in [-0.3, -0.25) is 9.59 Å². The van der Waals surface area contributed by atoms with Crippen molar-refractivity contribution in [3.63, 3.8) is 0 Å². The van der Waals surface area contributed by atoms with Crippen molar-refractivity contribution in [3.05, 3.63) is 47.6 Å². The molecule has 4 atom stereocenters. The molecule has 0 unspecified atom stereocenters. The Morgan fingerprint density at radius 1 is 1.04 bits per heavy atom. The van der Waals surface area contributed by atoms with Crippen molar-refractivity contribution in [3.8, 4) is 5.75 Å². The molecule has 4 rings (SSSR count). The minimum Gasteiger partial charge on any atom is -0.492 e. The summed E-state index contributed by atoms with van der Waals surface area (Å²) in [5, 5.41) is 0. The number of anilines is 1. The maximum atomic E-state index is 13.1. The summed E-state index contributed by atoms with van der Waals surface area (Å²) in [7, 11) is 0. The predicted octanol–water partition coefficient (Wildman–Crippen LogP) is 3.34. The number of amides is 2. The lowest BCUT2D eigenvalue weighted by Gasteiger charge is -2.21. The number of allylic oxidation sites excluding steroid dienone is 4. The molecular weight excluding hydrogens is 302 g/mol. The normalized spacial score (nSPS) is 30.3. The maximum Gasteiger partial charge on any atom is 0.238 e. The lowest BCUT2D eigenvalue weighted by atomic mass is 9.85. The molecule has 124 valence electrons. The van der Waals surface area contributed by atoms with Gasteiger partial charge in [-0.1, -0.05) is 35.4 Å². The average Bonchev–Trinajstić information content (AvgIpc) is 3.19. The lowest BCUT2D eigenvalue weighted by molar-refractivity contribution is -0.123. The van der Waals surface area contributed by atoms with Gasteiger partial charge in [-0.15, -0.1) is 0 Å². The molecule has 2 amide bonds. The maximum absolute atomic E-state index is 13.1. The third-order valence-electron chi connectivity index (χ3n) is 5.40. The van der Waals surface area contributed by atoms with Gasteiger partial charge in [0, 0.05) is 11.8 Å². The fraction of sp³-hybridized carbons (Fsp3) is 0.400. The highest BCUT2D eigenvalue weighted by Gasteiger charge is 2.62. The monoisotopic (exact) mass is 323 g/mol. The second-order valence-electron chi connectivity index (χ2n) is 6.86. The van der Waals surface area contributed by atoms with Gasteiger partial charge in [0.2, 0.25) is 11.8 Å². The minimum atomic E-state index is -0.257. The van der Waals surface area contributed by atoms with Crippen LogP contribution >= 0.6 is 0 Å². The van der Waals surface area contributed by atoms with E-state index in [0.717, 1.165) is 0 Å². The Morgan fingerprint density at radius 2 is 1.62 bits per heavy atom. The zero-order valence-corrected chi connectivity index (χ0v) is 14.2. The number of ether oxygens (including phenoxy) is 1. The van der Waals surface area contributed by atoms with Crippen LogP contribution in [0.1, 0.15) is 20.8 Å². The molecule has 0 N–H and O–H groups in total. The third-order valence-corrected chi connectivity index (χ3v) is 5.40. The summed E-state index contributed by atoms with van der Waals surface area (Å²) < 4.78 is 5.63. The average molecular weight is 323 g/mol. The first-order valence-electron chi connectivity index (χ1n) is 8.51. The SMILES string of the molecule is CCOc1ccccc1N1C(=O)[C@@H]2[C@H](C1=O)[C@@H]1C=C[C@H]2C1=C(C)C. The Balaban J connectivity index is 1.76. The van der Waals surface area contributed by atoms with E-state index in [-0.39, 0.29) is 35.5 Å². The van der Waals surface area contributed by atoms with E-state index < -0.39 is 0 Å². The van der Waals surface area contributed by atoms with Crippen molar-refractivity contribution in [2.45, 2.75) is 20.8 Å². The second kappa shape index (κ2) is 5.33. The highest BCUT2D eigenvalue weighted by Crippen LogP contribution is 2.57. The molecule has 0 radical (unpaired) electrons. The van der Waals surface area contributed by atoms with Crippen LogP contribution in [0.4, 0.5) is 5.69 Å². The zero-order valence-electron chi connectivity index (χ0n) is 14.2. The fourth-order valence-electron chi connectivity index (χ4n) is 4.59. The number of hydrogen-bond donors (Lipinski definition) is 0. The Hall–Kier alpha value is -2.36. The molecule has 2 aliphatic carbocycles. The predicted molar refractivity (Wildman–Crippen MR) is 91.6 cm³/mol. The van der Waals surface area contributed by atoms with Crippen LogP contribution < -0.4 is 9.64 Å². The third kappa shape index (κ3) is 1.86. The van der Waals surface area contributed by atoms with Gasteiger partial charge in [0.15, 0.2) is 0 Å². The molecular formula is C20H21NO3. The molecule has 0 spiro atoms. The molecule has 4 nitrogen and oxygen atoms in total. The topological polar surface area (TPSA) is 46.6 Å². The van der Waals surface area contributed by atoms with Crippen molar-refractivity contribution < 1.29 is 14.3 Å². The van der Waals surface area contributed by atoms with Crippen LogP contribution in [-0.4, -0.2) is 18.4 Å². The highest BCUT2D eigenvalue weighted by atomic mass is 16.5. The Morgan fingerprint density at radius 3 is 2.17 bits per heavy atom. The molecule has 2 fully saturated rings. The van der Waals surface area contributed by atoms with Gasteiger partial charge in [0.1, 0.15) is 5.75 Å². The first kappa shape index (κ1) is 15.2. The summed E-state index contributed by atoms with van der Waals surface area (Å²) in [5.74, 6) is 0.0421. The van der Waals surface area contributed by atoms with Gasteiger partial charge in [-0.05, 0) is 32.9 Å². The largest absolute Gasteiger partial charge is 0.492 e. The number of rotatable bonds is 3. The summed E-state index contributed by atoms with van der Waals surface area (Å²) >= 11 is 0. The molecule has 1 saturated heterocycles. The van der Waals surface area contributed by atoms with E-state index >= 15 is 0 Å². The smallest absolute Gasteiger partial charge is 0.238 e. The van der Waals surface area contributed by atoms with E-state index in [2.05, 4.69) is 26.0 Å². The quantitative estimate of drug-likeness (QED) is 0.633. The van der Waals surface area contributed by atoms with Crippen molar-refractivity contribution in [2.75, 3.05) is 11.5 Å². The summed E-state index contributed by atoms with van der Waals surface area (Å²) in [6.45, 7) is 6.53. The number of carbonyl (C=O) groups is 2. The van der Waals surface area contributed by atoms with Crippen LogP contribution in [0.3, 0.4) is 0 Å². The van der Waals surface area contributed by atoms with Gasteiger partial charge in [0.25, 0.3) is 0 Å². The number of nitrogens with zero attached hydrogens (tertiary/aromatic N) is 1. The molecule has 0 aromatic heterocycles. The van der Waals surface area contributed by atoms with Crippen LogP contribution in [0.5, 0.6) is 5.75 Å². The van der Waals surface area contributed by atoms with Crippen LogP contribution in [0.15, 0.2) is 47.6 Å². The molecule has 1 heterocycles. The van der Waals surface area contributed by atoms with E-state index in [1.165, 1.54) is 16.0 Å². The van der Waals surface area contributed by atoms with Crippen molar-refractivity contribution in [2.24, 2.45) is 23.7 Å². The number of benzene rings is 1. The number of carbonyl (C=O) groups excluding carboxylic acids is 2. The summed E-state index contributed by atoms with van der Waals surface area (Å²) in [6.07, 6.45) is 4.22. The highest BCUT2D eigenvalue weighted by molar-refractivity contribution is 6.23. The first-order valence-corrected chi connectivity index (χ1v) is 8.51.